The Balaban J connectivity index is 1.74. The molecule has 0 bridgehead atoms. The van der Waals surface area contributed by atoms with Crippen molar-refractivity contribution in [2.45, 2.75) is 19.5 Å². The number of rotatable bonds is 2. The van der Waals surface area contributed by atoms with Gasteiger partial charge in [-0.15, -0.1) is 11.3 Å². The minimum absolute atomic E-state index is 0.870. The van der Waals surface area contributed by atoms with Gasteiger partial charge in [0.05, 0.1) is 0 Å². The number of hydrogen-bond acceptors (Lipinski definition) is 3. The summed E-state index contributed by atoms with van der Waals surface area (Å²) in [5, 5.41) is 2.14. The fourth-order valence-electron chi connectivity index (χ4n) is 2.43. The lowest BCUT2D eigenvalue weighted by Gasteiger charge is -2.28. The van der Waals surface area contributed by atoms with Crippen molar-refractivity contribution in [1.29, 1.82) is 0 Å². The van der Waals surface area contributed by atoms with E-state index in [1.165, 1.54) is 20.5 Å². The molecule has 1 aliphatic rings. The Labute approximate surface area is 120 Å². The van der Waals surface area contributed by atoms with Gasteiger partial charge in [0.25, 0.3) is 0 Å². The van der Waals surface area contributed by atoms with E-state index in [9.17, 15) is 0 Å². The number of nitrogen functional groups attached to an aromatic ring is 1. The predicted octanol–water partition coefficient (Wildman–Crippen LogP) is 3.65. The van der Waals surface area contributed by atoms with E-state index in [1.807, 2.05) is 17.4 Å². The molecule has 0 saturated carbocycles. The second-order valence-electron chi connectivity index (χ2n) is 4.72. The molecule has 3 rings (SSSR count). The lowest BCUT2D eigenvalue weighted by Crippen LogP contribution is -2.29. The third kappa shape index (κ3) is 2.60. The van der Waals surface area contributed by atoms with Gasteiger partial charge in [-0.25, -0.2) is 0 Å². The normalized spacial score (nSPS) is 15.6. The molecule has 0 atom stereocenters. The zero-order valence-corrected chi connectivity index (χ0v) is 12.4. The number of fused-ring (bicyclic) bond motifs is 1. The number of nitrogens with zero attached hydrogens (tertiary/aromatic N) is 1. The molecule has 2 aromatic rings. The average molecular weight is 323 g/mol. The van der Waals surface area contributed by atoms with Crippen LogP contribution in [0.4, 0.5) is 5.69 Å². The quantitative estimate of drug-likeness (QED) is 0.855. The van der Waals surface area contributed by atoms with E-state index in [1.54, 1.807) is 0 Å². The van der Waals surface area contributed by atoms with Crippen molar-refractivity contribution in [3.63, 3.8) is 0 Å². The Morgan fingerprint density at radius 3 is 2.94 bits per heavy atom. The molecule has 0 aliphatic carbocycles. The third-order valence-corrected chi connectivity index (χ3v) is 5.01. The molecule has 1 aromatic heterocycles. The van der Waals surface area contributed by atoms with Gasteiger partial charge >= 0.3 is 0 Å². The molecule has 2 heterocycles. The molecule has 0 fully saturated rings. The zero-order chi connectivity index (χ0) is 12.5. The molecule has 18 heavy (non-hydrogen) atoms. The van der Waals surface area contributed by atoms with E-state index in [0.717, 1.165) is 31.7 Å². The summed E-state index contributed by atoms with van der Waals surface area (Å²) in [6.07, 6.45) is 1.13. The molecule has 4 heteroatoms. The zero-order valence-electron chi connectivity index (χ0n) is 10.0. The van der Waals surface area contributed by atoms with Crippen molar-refractivity contribution < 1.29 is 0 Å². The Bertz CT molecular complexity index is 565. The van der Waals surface area contributed by atoms with Gasteiger partial charge in [0.15, 0.2) is 0 Å². The predicted molar refractivity (Wildman–Crippen MR) is 80.7 cm³/mol. The lowest BCUT2D eigenvalue weighted by molar-refractivity contribution is 0.248. The maximum absolute atomic E-state index is 5.86. The number of hydrogen-bond donors (Lipinski definition) is 1. The van der Waals surface area contributed by atoms with Crippen molar-refractivity contribution in [3.05, 3.63) is 50.1 Å². The first-order chi connectivity index (χ1) is 8.70. The summed E-state index contributed by atoms with van der Waals surface area (Å²) in [6.45, 7) is 3.17. The van der Waals surface area contributed by atoms with Crippen LogP contribution in [0.15, 0.2) is 34.1 Å². The van der Waals surface area contributed by atoms with Crippen LogP contribution >= 0.6 is 27.3 Å². The average Bonchev–Trinajstić information content (AvgIpc) is 2.74. The van der Waals surface area contributed by atoms with Gasteiger partial charge in [-0.2, -0.15) is 0 Å². The van der Waals surface area contributed by atoms with Gasteiger partial charge in [0.1, 0.15) is 0 Å². The number of benzene rings is 1. The number of thiophene rings is 1. The van der Waals surface area contributed by atoms with Crippen LogP contribution in [0.5, 0.6) is 0 Å². The number of nitrogens with two attached hydrogens (primary N) is 1. The first-order valence-electron chi connectivity index (χ1n) is 6.03. The van der Waals surface area contributed by atoms with E-state index < -0.39 is 0 Å². The summed E-state index contributed by atoms with van der Waals surface area (Å²) in [5.41, 5.74) is 9.57. The summed E-state index contributed by atoms with van der Waals surface area (Å²) in [5.74, 6) is 0. The molecule has 94 valence electrons. The van der Waals surface area contributed by atoms with Gasteiger partial charge in [0.2, 0.25) is 0 Å². The number of anilines is 1. The Kier molecular flexibility index (Phi) is 3.41. The van der Waals surface area contributed by atoms with Crippen LogP contribution in [0.3, 0.4) is 0 Å². The summed E-state index contributed by atoms with van der Waals surface area (Å²) in [4.78, 5) is 3.90. The second kappa shape index (κ2) is 5.03. The standard InChI is InChI=1S/C14H15BrN2S/c15-12-6-14(18-9-12)8-17-4-3-10-1-2-13(16)5-11(10)7-17/h1-2,5-6,9H,3-4,7-8,16H2. The summed E-state index contributed by atoms with van der Waals surface area (Å²) in [7, 11) is 0. The molecule has 1 aromatic carbocycles. The van der Waals surface area contributed by atoms with Gasteiger partial charge in [-0.05, 0) is 51.7 Å². The van der Waals surface area contributed by atoms with Crippen molar-refractivity contribution in [2.75, 3.05) is 12.3 Å². The van der Waals surface area contributed by atoms with E-state index >= 15 is 0 Å². The van der Waals surface area contributed by atoms with Gasteiger partial charge < -0.3 is 5.73 Å². The van der Waals surface area contributed by atoms with Gasteiger partial charge in [-0.1, -0.05) is 6.07 Å². The fraction of sp³-hybridized carbons (Fsp3) is 0.286. The van der Waals surface area contributed by atoms with Crippen molar-refractivity contribution in [2.24, 2.45) is 0 Å². The summed E-state index contributed by atoms with van der Waals surface area (Å²) < 4.78 is 1.18. The topological polar surface area (TPSA) is 29.3 Å². The molecule has 1 aliphatic heterocycles. The Morgan fingerprint density at radius 1 is 1.28 bits per heavy atom. The van der Waals surface area contributed by atoms with Gasteiger partial charge in [0, 0.05) is 40.1 Å². The first-order valence-corrected chi connectivity index (χ1v) is 7.70. The van der Waals surface area contributed by atoms with Gasteiger partial charge in [-0.3, -0.25) is 4.90 Å². The maximum atomic E-state index is 5.86. The molecule has 0 unspecified atom stereocenters. The Hall–Kier alpha value is -0.840. The van der Waals surface area contributed by atoms with Crippen LogP contribution in [0.2, 0.25) is 0 Å². The van der Waals surface area contributed by atoms with Crippen LogP contribution in [-0.2, 0) is 19.5 Å². The summed E-state index contributed by atoms with van der Waals surface area (Å²) >= 11 is 5.32. The molecule has 2 nitrogen and oxygen atoms in total. The van der Waals surface area contributed by atoms with E-state index in [4.69, 9.17) is 5.73 Å². The van der Waals surface area contributed by atoms with E-state index in [-0.39, 0.29) is 0 Å². The fourth-order valence-corrected chi connectivity index (χ4v) is 3.92. The Morgan fingerprint density at radius 2 is 2.17 bits per heavy atom. The molecule has 2 N–H and O–H groups in total. The highest BCUT2D eigenvalue weighted by molar-refractivity contribution is 9.10. The molecular weight excluding hydrogens is 308 g/mol. The molecule has 0 radical (unpaired) electrons. The largest absolute Gasteiger partial charge is 0.399 e. The maximum Gasteiger partial charge on any atom is 0.0332 e. The van der Waals surface area contributed by atoms with Crippen LogP contribution in [0, 0.1) is 0 Å². The van der Waals surface area contributed by atoms with Crippen molar-refractivity contribution >= 4 is 33.0 Å². The first kappa shape index (κ1) is 12.2. The molecule has 0 saturated heterocycles. The lowest BCUT2D eigenvalue weighted by atomic mass is 9.99. The molecular formula is C14H15BrN2S. The second-order valence-corrected chi connectivity index (χ2v) is 6.63. The van der Waals surface area contributed by atoms with Crippen LogP contribution in [0.1, 0.15) is 16.0 Å². The number of halogens is 1. The highest BCUT2D eigenvalue weighted by atomic mass is 79.9. The molecule has 0 spiro atoms. The van der Waals surface area contributed by atoms with E-state index in [2.05, 4.69) is 44.4 Å². The van der Waals surface area contributed by atoms with Crippen LogP contribution in [0.25, 0.3) is 0 Å². The van der Waals surface area contributed by atoms with E-state index in [0.29, 0.717) is 0 Å². The van der Waals surface area contributed by atoms with Crippen molar-refractivity contribution in [3.8, 4) is 0 Å². The highest BCUT2D eigenvalue weighted by Gasteiger charge is 2.16. The minimum Gasteiger partial charge on any atom is -0.399 e. The monoisotopic (exact) mass is 322 g/mol. The SMILES string of the molecule is Nc1ccc2c(c1)CN(Cc1cc(Br)cs1)CC2. The van der Waals surface area contributed by atoms with Crippen molar-refractivity contribution in [1.82, 2.24) is 4.90 Å². The van der Waals surface area contributed by atoms with Crippen LogP contribution < -0.4 is 5.73 Å². The van der Waals surface area contributed by atoms with Crippen LogP contribution in [-0.4, -0.2) is 11.4 Å². The third-order valence-electron chi connectivity index (χ3n) is 3.32. The highest BCUT2D eigenvalue weighted by Crippen LogP contribution is 2.25. The smallest absolute Gasteiger partial charge is 0.0332 e. The molecule has 0 amide bonds. The summed E-state index contributed by atoms with van der Waals surface area (Å²) in [6, 6.07) is 8.50. The minimum atomic E-state index is 0.870.